The number of hydrogen-bond acceptors (Lipinski definition) is 9. The molecule has 2 aromatic carbocycles. The van der Waals surface area contributed by atoms with Crippen LogP contribution in [0, 0.1) is 10.1 Å². The molecule has 3 amide bonds. The van der Waals surface area contributed by atoms with Gasteiger partial charge < -0.3 is 10.2 Å². The summed E-state index contributed by atoms with van der Waals surface area (Å²) in [7, 11) is 0. The number of imide groups is 1. The van der Waals surface area contributed by atoms with Crippen molar-refractivity contribution in [1.29, 1.82) is 0 Å². The fourth-order valence-corrected chi connectivity index (χ4v) is 5.42. The zero-order valence-electron chi connectivity index (χ0n) is 19.4. The third-order valence-corrected chi connectivity index (χ3v) is 7.45. The Hall–Kier alpha value is -3.90. The molecule has 0 saturated carbocycles. The Kier molecular flexibility index (Phi) is 6.61. The predicted octanol–water partition coefficient (Wildman–Crippen LogP) is 2.41. The number of piperazine rings is 1. The fraction of sp³-hybridized carbons (Fsp3) is 0.333. The fourth-order valence-electron chi connectivity index (χ4n) is 4.37. The second kappa shape index (κ2) is 9.99. The highest BCUT2D eigenvalue weighted by Gasteiger charge is 2.30. The highest BCUT2D eigenvalue weighted by molar-refractivity contribution is 7.22. The third kappa shape index (κ3) is 4.90. The molecular formula is C24H24N6O5S. The number of anilines is 2. The lowest BCUT2D eigenvalue weighted by Crippen LogP contribution is -2.48. The Balaban J connectivity index is 1.08. The largest absolute Gasteiger partial charge is 0.351 e. The Morgan fingerprint density at radius 2 is 1.72 bits per heavy atom. The van der Waals surface area contributed by atoms with E-state index in [9.17, 15) is 24.5 Å². The topological polar surface area (TPSA) is 129 Å². The predicted molar refractivity (Wildman–Crippen MR) is 135 cm³/mol. The molecule has 0 bridgehead atoms. The van der Waals surface area contributed by atoms with Crippen molar-refractivity contribution in [2.45, 2.75) is 12.8 Å². The quantitative estimate of drug-likeness (QED) is 0.293. The smallest absolute Gasteiger partial charge is 0.270 e. The number of nitrogens with zero attached hydrogens (tertiary/aromatic N) is 5. The molecule has 0 radical (unpaired) electrons. The number of rotatable bonds is 7. The standard InChI is InChI=1S/C24H24N6O5S/c31-21-7-8-22(32)29(21)17-3-1-16(2-4-17)23(33)25-9-10-27-11-13-28(14-12-27)24-26-19-6-5-18(30(34)35)15-20(19)36-24/h1-6,15H,7-14H2,(H,25,33). The maximum absolute atomic E-state index is 12.5. The van der Waals surface area contributed by atoms with Gasteiger partial charge in [-0.3, -0.25) is 34.3 Å². The van der Waals surface area contributed by atoms with Crippen molar-refractivity contribution in [3.63, 3.8) is 0 Å². The molecule has 0 aliphatic carbocycles. The first-order valence-corrected chi connectivity index (χ1v) is 12.5. The van der Waals surface area contributed by atoms with Crippen molar-refractivity contribution in [2.24, 2.45) is 0 Å². The molecule has 2 saturated heterocycles. The van der Waals surface area contributed by atoms with Crippen LogP contribution < -0.4 is 15.1 Å². The number of nitrogens with one attached hydrogen (secondary N) is 1. The van der Waals surface area contributed by atoms with Crippen molar-refractivity contribution in [3.05, 3.63) is 58.1 Å². The molecule has 5 rings (SSSR count). The molecule has 3 heterocycles. The highest BCUT2D eigenvalue weighted by Crippen LogP contribution is 2.31. The van der Waals surface area contributed by atoms with Gasteiger partial charge in [0, 0.05) is 69.8 Å². The molecule has 11 nitrogen and oxygen atoms in total. The number of fused-ring (bicyclic) bond motifs is 1. The number of carbonyl (C=O) groups is 3. The van der Waals surface area contributed by atoms with Crippen molar-refractivity contribution in [2.75, 3.05) is 49.1 Å². The number of nitro groups is 1. The van der Waals surface area contributed by atoms with E-state index in [4.69, 9.17) is 0 Å². The molecule has 2 aliphatic rings. The van der Waals surface area contributed by atoms with Crippen LogP contribution in [0.2, 0.25) is 0 Å². The normalized spacial score (nSPS) is 16.7. The molecule has 0 spiro atoms. The molecule has 186 valence electrons. The van der Waals surface area contributed by atoms with Crippen molar-refractivity contribution in [1.82, 2.24) is 15.2 Å². The summed E-state index contributed by atoms with van der Waals surface area (Å²) in [6, 6.07) is 11.2. The van der Waals surface area contributed by atoms with E-state index >= 15 is 0 Å². The van der Waals surface area contributed by atoms with E-state index in [2.05, 4.69) is 20.1 Å². The summed E-state index contributed by atoms with van der Waals surface area (Å²) in [5.41, 5.74) is 1.79. The van der Waals surface area contributed by atoms with E-state index in [0.717, 1.165) is 41.5 Å². The van der Waals surface area contributed by atoms with Gasteiger partial charge in [-0.2, -0.15) is 0 Å². The molecule has 0 unspecified atom stereocenters. The molecule has 2 aliphatic heterocycles. The lowest BCUT2D eigenvalue weighted by atomic mass is 10.2. The summed E-state index contributed by atoms with van der Waals surface area (Å²) in [6.07, 6.45) is 0.446. The average Bonchev–Trinajstić information content (AvgIpc) is 3.46. The number of benzene rings is 2. The van der Waals surface area contributed by atoms with E-state index in [0.29, 0.717) is 24.3 Å². The van der Waals surface area contributed by atoms with Gasteiger partial charge in [0.2, 0.25) is 11.8 Å². The number of non-ortho nitro benzene ring substituents is 1. The Morgan fingerprint density at radius 3 is 2.39 bits per heavy atom. The second-order valence-corrected chi connectivity index (χ2v) is 9.67. The first-order valence-electron chi connectivity index (χ1n) is 11.7. The lowest BCUT2D eigenvalue weighted by molar-refractivity contribution is -0.384. The van der Waals surface area contributed by atoms with Crippen molar-refractivity contribution >= 4 is 55.8 Å². The van der Waals surface area contributed by atoms with E-state index in [1.807, 2.05) is 0 Å². The average molecular weight is 509 g/mol. The van der Waals surface area contributed by atoms with Gasteiger partial charge in [-0.25, -0.2) is 4.98 Å². The number of nitro benzene ring substituents is 1. The Bertz CT molecular complexity index is 1320. The number of carbonyl (C=O) groups excluding carboxylic acids is 3. The SMILES string of the molecule is O=C(NCCN1CCN(c2nc3ccc([N+](=O)[O-])cc3s2)CC1)c1ccc(N2C(=O)CCC2=O)cc1. The zero-order valence-corrected chi connectivity index (χ0v) is 20.2. The van der Waals surface area contributed by atoms with Gasteiger partial charge in [0.1, 0.15) is 0 Å². The van der Waals surface area contributed by atoms with Crippen molar-refractivity contribution < 1.29 is 19.3 Å². The minimum absolute atomic E-state index is 0.0669. The number of aromatic nitrogens is 1. The van der Waals surface area contributed by atoms with Gasteiger partial charge >= 0.3 is 0 Å². The number of thiazole rings is 1. The molecule has 12 heteroatoms. The van der Waals surface area contributed by atoms with Gasteiger partial charge in [0.15, 0.2) is 5.13 Å². The monoisotopic (exact) mass is 508 g/mol. The van der Waals surface area contributed by atoms with Crippen LogP contribution in [0.15, 0.2) is 42.5 Å². The van der Waals surface area contributed by atoms with Crippen molar-refractivity contribution in [3.8, 4) is 0 Å². The minimum Gasteiger partial charge on any atom is -0.351 e. The van der Waals surface area contributed by atoms with Crippen LogP contribution in [0.4, 0.5) is 16.5 Å². The second-order valence-electron chi connectivity index (χ2n) is 8.66. The van der Waals surface area contributed by atoms with Crippen LogP contribution in [0.3, 0.4) is 0 Å². The van der Waals surface area contributed by atoms with Crippen LogP contribution in [0.1, 0.15) is 23.2 Å². The third-order valence-electron chi connectivity index (χ3n) is 6.37. The minimum atomic E-state index is -0.398. The van der Waals surface area contributed by atoms with Gasteiger partial charge in [-0.05, 0) is 30.3 Å². The summed E-state index contributed by atoms with van der Waals surface area (Å²) in [5.74, 6) is -0.642. The summed E-state index contributed by atoms with van der Waals surface area (Å²) in [4.78, 5) is 57.1. The first-order chi connectivity index (χ1) is 17.4. The molecule has 1 N–H and O–H groups in total. The molecule has 1 aromatic heterocycles. The number of hydrogen-bond donors (Lipinski definition) is 1. The Morgan fingerprint density at radius 1 is 1.03 bits per heavy atom. The Labute approximate surface area is 210 Å². The van der Waals surface area contributed by atoms with Gasteiger partial charge in [-0.1, -0.05) is 11.3 Å². The summed E-state index contributed by atoms with van der Waals surface area (Å²) < 4.78 is 0.802. The van der Waals surface area contributed by atoms with Gasteiger partial charge in [0.05, 0.1) is 20.8 Å². The zero-order chi connectivity index (χ0) is 25.2. The summed E-state index contributed by atoms with van der Waals surface area (Å²) in [5, 5.41) is 14.8. The molecule has 0 atom stereocenters. The summed E-state index contributed by atoms with van der Waals surface area (Å²) >= 11 is 1.46. The maximum atomic E-state index is 12.5. The number of amides is 3. The maximum Gasteiger partial charge on any atom is 0.270 e. The lowest BCUT2D eigenvalue weighted by Gasteiger charge is -2.34. The molecule has 3 aromatic rings. The van der Waals surface area contributed by atoms with Crippen LogP contribution in [-0.2, 0) is 9.59 Å². The highest BCUT2D eigenvalue weighted by atomic mass is 32.1. The molecular weight excluding hydrogens is 484 g/mol. The first kappa shape index (κ1) is 23.8. The van der Waals surface area contributed by atoms with E-state index < -0.39 is 4.92 Å². The van der Waals surface area contributed by atoms with Crippen LogP contribution >= 0.6 is 11.3 Å². The van der Waals surface area contributed by atoms with Gasteiger partial charge in [-0.15, -0.1) is 0 Å². The van der Waals surface area contributed by atoms with E-state index in [-0.39, 0.29) is 36.3 Å². The van der Waals surface area contributed by atoms with Gasteiger partial charge in [0.25, 0.3) is 11.6 Å². The summed E-state index contributed by atoms with van der Waals surface area (Å²) in [6.45, 7) is 4.41. The van der Waals surface area contributed by atoms with Crippen LogP contribution in [0.5, 0.6) is 0 Å². The molecule has 36 heavy (non-hydrogen) atoms. The van der Waals surface area contributed by atoms with Crippen LogP contribution in [-0.4, -0.2) is 71.8 Å². The van der Waals surface area contributed by atoms with Crippen LogP contribution in [0.25, 0.3) is 10.2 Å². The van der Waals surface area contributed by atoms with E-state index in [1.165, 1.54) is 22.3 Å². The molecule has 2 fully saturated rings. The van der Waals surface area contributed by atoms with E-state index in [1.54, 1.807) is 36.4 Å².